The minimum atomic E-state index is -5.36. The molecule has 4 rings (SSSR count). The SMILES string of the molecule is CC(C)CC(C(=O)OC(=O)C(F)(F)F)c1ccc(NC(=O)[C@@H]2N[C@@H](CC(C)(C)C)[C@](C#N)(c3ccc(Cl)cc3F)[C@H]2c2cccc(Cl)c2F)cc1. The van der Waals surface area contributed by atoms with Crippen molar-refractivity contribution >= 4 is 46.7 Å². The highest BCUT2D eigenvalue weighted by Crippen LogP contribution is 2.53. The Labute approximate surface area is 302 Å². The zero-order chi connectivity index (χ0) is 38.1. The molecule has 272 valence electrons. The van der Waals surface area contributed by atoms with Crippen LogP contribution in [0.5, 0.6) is 0 Å². The van der Waals surface area contributed by atoms with Gasteiger partial charge in [0.05, 0.1) is 23.1 Å². The van der Waals surface area contributed by atoms with Crippen molar-refractivity contribution in [2.45, 2.75) is 83.0 Å². The van der Waals surface area contributed by atoms with Crippen molar-refractivity contribution in [3.63, 3.8) is 0 Å². The number of carbonyl (C=O) groups is 3. The first kappa shape index (κ1) is 39.7. The van der Waals surface area contributed by atoms with Gasteiger partial charge in [0, 0.05) is 28.2 Å². The molecule has 1 unspecified atom stereocenters. The van der Waals surface area contributed by atoms with E-state index in [1.54, 1.807) is 13.8 Å². The van der Waals surface area contributed by atoms with Crippen LogP contribution in [-0.2, 0) is 24.5 Å². The van der Waals surface area contributed by atoms with Gasteiger partial charge in [-0.25, -0.2) is 13.6 Å². The molecule has 0 saturated carbocycles. The maximum atomic E-state index is 15.9. The monoisotopic (exact) mass is 751 g/mol. The predicted molar refractivity (Wildman–Crippen MR) is 182 cm³/mol. The van der Waals surface area contributed by atoms with Crippen molar-refractivity contribution in [2.24, 2.45) is 11.3 Å². The summed E-state index contributed by atoms with van der Waals surface area (Å²) < 4.78 is 74.3. The summed E-state index contributed by atoms with van der Waals surface area (Å²) in [4.78, 5) is 38.2. The average Bonchev–Trinajstić information content (AvgIpc) is 3.34. The van der Waals surface area contributed by atoms with Gasteiger partial charge in [-0.05, 0) is 65.6 Å². The van der Waals surface area contributed by atoms with Gasteiger partial charge in [-0.3, -0.25) is 9.59 Å². The molecule has 14 heteroatoms. The van der Waals surface area contributed by atoms with Crippen LogP contribution in [0, 0.1) is 34.3 Å². The summed E-state index contributed by atoms with van der Waals surface area (Å²) in [6.45, 7) is 9.18. The number of amides is 1. The highest BCUT2D eigenvalue weighted by Gasteiger charge is 2.61. The molecular formula is C37H36Cl2F5N3O4. The minimum absolute atomic E-state index is 0.0568. The van der Waals surface area contributed by atoms with Crippen LogP contribution < -0.4 is 10.6 Å². The first-order valence-corrected chi connectivity index (χ1v) is 16.8. The molecule has 51 heavy (non-hydrogen) atoms. The number of nitrogens with one attached hydrogen (secondary N) is 2. The summed E-state index contributed by atoms with van der Waals surface area (Å²) in [5.74, 6) is -9.14. The van der Waals surface area contributed by atoms with Crippen LogP contribution in [0.1, 0.15) is 76.0 Å². The van der Waals surface area contributed by atoms with Crippen LogP contribution in [0.25, 0.3) is 0 Å². The number of carbonyl (C=O) groups excluding carboxylic acids is 3. The average molecular weight is 753 g/mol. The molecule has 1 fully saturated rings. The number of esters is 2. The van der Waals surface area contributed by atoms with E-state index in [4.69, 9.17) is 23.2 Å². The Balaban J connectivity index is 1.77. The van der Waals surface area contributed by atoms with Crippen molar-refractivity contribution in [3.05, 3.63) is 99.0 Å². The zero-order valence-electron chi connectivity index (χ0n) is 28.3. The van der Waals surface area contributed by atoms with Crippen LogP contribution in [0.15, 0.2) is 60.7 Å². The van der Waals surface area contributed by atoms with Crippen molar-refractivity contribution in [2.75, 3.05) is 5.32 Å². The third kappa shape index (κ3) is 8.71. The molecule has 1 saturated heterocycles. The molecule has 0 radical (unpaired) electrons. The smallest absolute Gasteiger partial charge is 0.386 e. The number of ether oxygens (including phenoxy) is 1. The number of halogens is 7. The fraction of sp³-hybridized carbons (Fsp3) is 0.405. The maximum absolute atomic E-state index is 15.9. The van der Waals surface area contributed by atoms with Gasteiger partial charge in [0.1, 0.15) is 17.0 Å². The highest BCUT2D eigenvalue weighted by molar-refractivity contribution is 6.31. The quantitative estimate of drug-likeness (QED) is 0.128. The summed E-state index contributed by atoms with van der Waals surface area (Å²) in [6, 6.07) is 13.6. The van der Waals surface area contributed by atoms with Crippen molar-refractivity contribution in [3.8, 4) is 6.07 Å². The van der Waals surface area contributed by atoms with Crippen LogP contribution in [0.2, 0.25) is 10.0 Å². The molecule has 1 aliphatic rings. The standard InChI is InChI=1S/C37H36Cl2F5N3O4/c1-19(2)15-24(33(49)51-34(50)37(42,43)44)20-9-12-22(13-10-20)46-32(48)31-29(23-7-6-8-26(39)30(23)41)36(18-45,28(47-31)17-35(3,4)5)25-14-11-21(38)16-27(25)40/h6-14,16,19,24,28-29,31,47H,15,17H2,1-5H3,(H,46,48)/t24?,28-,29-,31+,36-/m0/s1. The summed E-state index contributed by atoms with van der Waals surface area (Å²) in [7, 11) is 0. The van der Waals surface area contributed by atoms with E-state index in [2.05, 4.69) is 21.4 Å². The molecule has 0 spiro atoms. The largest absolute Gasteiger partial charge is 0.491 e. The summed E-state index contributed by atoms with van der Waals surface area (Å²) >= 11 is 12.3. The van der Waals surface area contributed by atoms with E-state index in [-0.39, 0.29) is 51.2 Å². The van der Waals surface area contributed by atoms with E-state index in [9.17, 15) is 32.8 Å². The molecule has 7 nitrogen and oxygen atoms in total. The Morgan fingerprint density at radius 2 is 1.67 bits per heavy atom. The number of anilines is 1. The van der Waals surface area contributed by atoms with Gasteiger partial charge in [-0.1, -0.05) is 88.2 Å². The molecule has 1 amide bonds. The van der Waals surface area contributed by atoms with E-state index in [0.29, 0.717) is 0 Å². The van der Waals surface area contributed by atoms with Gasteiger partial charge in [0.2, 0.25) is 5.91 Å². The minimum Gasteiger partial charge on any atom is -0.386 e. The molecule has 3 aromatic carbocycles. The van der Waals surface area contributed by atoms with Gasteiger partial charge in [0.25, 0.3) is 0 Å². The molecule has 0 bridgehead atoms. The maximum Gasteiger partial charge on any atom is 0.491 e. The van der Waals surface area contributed by atoms with Gasteiger partial charge < -0.3 is 15.4 Å². The Hall–Kier alpha value is -4.05. The number of hydrogen-bond acceptors (Lipinski definition) is 6. The lowest BCUT2D eigenvalue weighted by atomic mass is 9.62. The summed E-state index contributed by atoms with van der Waals surface area (Å²) in [5.41, 5.74) is -2.09. The van der Waals surface area contributed by atoms with E-state index in [1.165, 1.54) is 54.6 Å². The Morgan fingerprint density at radius 1 is 1.02 bits per heavy atom. The zero-order valence-corrected chi connectivity index (χ0v) is 29.8. The van der Waals surface area contributed by atoms with E-state index in [0.717, 1.165) is 6.07 Å². The van der Waals surface area contributed by atoms with Crippen molar-refractivity contribution in [1.82, 2.24) is 5.32 Å². The van der Waals surface area contributed by atoms with Crippen LogP contribution in [0.4, 0.5) is 27.6 Å². The Bertz CT molecular complexity index is 1840. The molecule has 1 aliphatic heterocycles. The second kappa shape index (κ2) is 15.3. The lowest BCUT2D eigenvalue weighted by Crippen LogP contribution is -2.45. The molecule has 1 heterocycles. The molecule has 5 atom stereocenters. The third-order valence-corrected chi connectivity index (χ3v) is 9.26. The molecule has 3 aromatic rings. The molecule has 0 aromatic heterocycles. The van der Waals surface area contributed by atoms with Crippen LogP contribution in [-0.4, -0.2) is 36.1 Å². The van der Waals surface area contributed by atoms with Gasteiger partial charge in [0.15, 0.2) is 0 Å². The van der Waals surface area contributed by atoms with E-state index >= 15 is 8.78 Å². The normalized spacial score (nSPS) is 21.2. The number of alkyl halides is 3. The third-order valence-electron chi connectivity index (χ3n) is 8.73. The van der Waals surface area contributed by atoms with Gasteiger partial charge in [-0.15, -0.1) is 0 Å². The second-order valence-corrected chi connectivity index (χ2v) is 15.0. The number of nitriles is 1. The predicted octanol–water partition coefficient (Wildman–Crippen LogP) is 8.99. The molecular weight excluding hydrogens is 716 g/mol. The first-order valence-electron chi connectivity index (χ1n) is 16.0. The Morgan fingerprint density at radius 3 is 2.22 bits per heavy atom. The first-order chi connectivity index (χ1) is 23.7. The van der Waals surface area contributed by atoms with Gasteiger partial charge >= 0.3 is 18.1 Å². The van der Waals surface area contributed by atoms with Crippen molar-refractivity contribution in [1.29, 1.82) is 5.26 Å². The highest BCUT2D eigenvalue weighted by atomic mass is 35.5. The fourth-order valence-electron chi connectivity index (χ4n) is 6.64. The van der Waals surface area contributed by atoms with E-state index in [1.807, 2.05) is 20.8 Å². The van der Waals surface area contributed by atoms with Crippen molar-refractivity contribution < 1.29 is 41.1 Å². The van der Waals surface area contributed by atoms with Crippen LogP contribution in [0.3, 0.4) is 0 Å². The molecule has 0 aliphatic carbocycles. The van der Waals surface area contributed by atoms with Crippen LogP contribution >= 0.6 is 23.2 Å². The second-order valence-electron chi connectivity index (χ2n) is 14.2. The lowest BCUT2D eigenvalue weighted by Gasteiger charge is -2.37. The number of benzene rings is 3. The summed E-state index contributed by atoms with van der Waals surface area (Å²) in [6.07, 6.45) is -5.05. The number of nitrogens with zero attached hydrogens (tertiary/aromatic N) is 1. The number of hydrogen-bond donors (Lipinski definition) is 2. The van der Waals surface area contributed by atoms with Gasteiger partial charge in [-0.2, -0.15) is 18.4 Å². The fourth-order valence-corrected chi connectivity index (χ4v) is 6.98. The topological polar surface area (TPSA) is 108 Å². The molecule has 2 N–H and O–H groups in total. The number of rotatable bonds is 9. The summed E-state index contributed by atoms with van der Waals surface area (Å²) in [5, 5.41) is 16.7. The van der Waals surface area contributed by atoms with E-state index < -0.39 is 70.4 Å². The lowest BCUT2D eigenvalue weighted by molar-refractivity contribution is -0.202. The Kier molecular flexibility index (Phi) is 11.9.